The number of hydrogen-bond acceptors (Lipinski definition) is 4. The third kappa shape index (κ3) is 3.18. The van der Waals surface area contributed by atoms with E-state index in [1.54, 1.807) is 6.20 Å². The lowest BCUT2D eigenvalue weighted by molar-refractivity contribution is -0.139. The topological polar surface area (TPSA) is 84.2 Å². The van der Waals surface area contributed by atoms with E-state index in [4.69, 9.17) is 0 Å². The van der Waals surface area contributed by atoms with Crippen LogP contribution in [0, 0.1) is 5.92 Å². The first-order chi connectivity index (χ1) is 9.63. The van der Waals surface area contributed by atoms with Gasteiger partial charge in [0.1, 0.15) is 6.04 Å². The minimum Gasteiger partial charge on any atom is -0.480 e. The quantitative estimate of drug-likeness (QED) is 0.857. The number of anilines is 1. The zero-order valence-electron chi connectivity index (χ0n) is 11.7. The molecule has 110 valence electrons. The van der Waals surface area contributed by atoms with Crippen LogP contribution in [-0.4, -0.2) is 26.7 Å². The lowest BCUT2D eigenvalue weighted by Gasteiger charge is -2.28. The number of carboxylic acids is 1. The number of aryl methyl sites for hydroxylation is 1. The van der Waals surface area contributed by atoms with E-state index < -0.39 is 12.0 Å². The molecule has 0 aliphatic heterocycles. The maximum Gasteiger partial charge on any atom is 0.326 e. The lowest BCUT2D eigenvalue weighted by Crippen LogP contribution is -2.40. The highest BCUT2D eigenvalue weighted by molar-refractivity contribution is 5.77. The highest BCUT2D eigenvalue weighted by Crippen LogP contribution is 2.27. The monoisotopic (exact) mass is 279 g/mol. The van der Waals surface area contributed by atoms with Crippen LogP contribution < -0.4 is 10.9 Å². The number of aliphatic carboxylic acids is 1. The molecule has 1 atom stereocenters. The Morgan fingerprint density at radius 2 is 2.20 bits per heavy atom. The summed E-state index contributed by atoms with van der Waals surface area (Å²) in [4.78, 5) is 27.6. The summed E-state index contributed by atoms with van der Waals surface area (Å²) in [5.41, 5.74) is -0.267. The molecule has 1 aliphatic carbocycles. The second kappa shape index (κ2) is 6.54. The number of rotatable bonds is 5. The van der Waals surface area contributed by atoms with Crippen molar-refractivity contribution in [3.8, 4) is 0 Å². The van der Waals surface area contributed by atoms with Crippen molar-refractivity contribution in [3.05, 3.63) is 22.7 Å². The molecule has 0 spiro atoms. The molecule has 1 heterocycles. The summed E-state index contributed by atoms with van der Waals surface area (Å²) < 4.78 is 1.51. The molecule has 6 nitrogen and oxygen atoms in total. The van der Waals surface area contributed by atoms with Gasteiger partial charge in [-0.05, 0) is 25.7 Å². The van der Waals surface area contributed by atoms with E-state index in [1.807, 2.05) is 6.92 Å². The maximum atomic E-state index is 12.1. The molecule has 6 heteroatoms. The molecule has 1 unspecified atom stereocenters. The van der Waals surface area contributed by atoms with Gasteiger partial charge in [-0.1, -0.05) is 19.3 Å². The van der Waals surface area contributed by atoms with Crippen molar-refractivity contribution in [1.82, 2.24) is 9.55 Å². The largest absolute Gasteiger partial charge is 0.480 e. The zero-order chi connectivity index (χ0) is 14.5. The van der Waals surface area contributed by atoms with Crippen LogP contribution in [0.5, 0.6) is 0 Å². The van der Waals surface area contributed by atoms with Crippen LogP contribution in [0.15, 0.2) is 17.2 Å². The second-order valence-corrected chi connectivity index (χ2v) is 5.23. The number of carboxylic acid groups (broad SMARTS) is 1. The Morgan fingerprint density at radius 1 is 1.50 bits per heavy atom. The first-order valence-corrected chi connectivity index (χ1v) is 7.18. The van der Waals surface area contributed by atoms with Crippen LogP contribution in [0.1, 0.15) is 39.0 Å². The van der Waals surface area contributed by atoms with E-state index in [0.29, 0.717) is 6.54 Å². The van der Waals surface area contributed by atoms with Crippen LogP contribution in [-0.2, 0) is 11.3 Å². The predicted molar refractivity (Wildman–Crippen MR) is 75.8 cm³/mol. The van der Waals surface area contributed by atoms with E-state index in [9.17, 15) is 14.7 Å². The Hall–Kier alpha value is -1.85. The molecule has 0 saturated heterocycles. The maximum absolute atomic E-state index is 12.1. The SMILES string of the molecule is CCn1ccnc(NC(C(=O)O)C2CCCCC2)c1=O. The Bertz CT molecular complexity index is 521. The van der Waals surface area contributed by atoms with Gasteiger partial charge in [0, 0.05) is 18.9 Å². The van der Waals surface area contributed by atoms with Crippen LogP contribution in [0.3, 0.4) is 0 Å². The molecule has 0 radical (unpaired) electrons. The molecule has 1 aromatic rings. The van der Waals surface area contributed by atoms with Gasteiger partial charge in [0.2, 0.25) is 0 Å². The highest BCUT2D eigenvalue weighted by atomic mass is 16.4. The predicted octanol–water partition coefficient (Wildman–Crippen LogP) is 1.71. The molecule has 0 aromatic carbocycles. The standard InChI is InChI=1S/C14H21N3O3/c1-2-17-9-8-15-12(13(17)18)16-11(14(19)20)10-6-4-3-5-7-10/h8-11H,2-7H2,1H3,(H,15,16)(H,19,20). The minimum atomic E-state index is -0.912. The summed E-state index contributed by atoms with van der Waals surface area (Å²) in [5.74, 6) is -0.713. The Morgan fingerprint density at radius 3 is 2.80 bits per heavy atom. The van der Waals surface area contributed by atoms with Gasteiger partial charge in [-0.3, -0.25) is 4.79 Å². The van der Waals surface area contributed by atoms with Crippen molar-refractivity contribution in [2.24, 2.45) is 5.92 Å². The molecule has 20 heavy (non-hydrogen) atoms. The van der Waals surface area contributed by atoms with E-state index >= 15 is 0 Å². The number of nitrogens with one attached hydrogen (secondary N) is 1. The molecule has 0 bridgehead atoms. The van der Waals surface area contributed by atoms with Crippen LogP contribution in [0.4, 0.5) is 5.82 Å². The van der Waals surface area contributed by atoms with Gasteiger partial charge in [0.25, 0.3) is 5.56 Å². The fourth-order valence-electron chi connectivity index (χ4n) is 2.79. The third-order valence-corrected chi connectivity index (χ3v) is 3.93. The number of nitrogens with zero attached hydrogens (tertiary/aromatic N) is 2. The Kier molecular flexibility index (Phi) is 4.76. The summed E-state index contributed by atoms with van der Waals surface area (Å²) in [5, 5.41) is 12.3. The summed E-state index contributed by atoms with van der Waals surface area (Å²) in [7, 11) is 0. The van der Waals surface area contributed by atoms with Gasteiger partial charge >= 0.3 is 5.97 Å². The number of carbonyl (C=O) groups is 1. The number of hydrogen-bond donors (Lipinski definition) is 2. The molecular formula is C14H21N3O3. The van der Waals surface area contributed by atoms with Crippen LogP contribution >= 0.6 is 0 Å². The van der Waals surface area contributed by atoms with Gasteiger partial charge in [0.05, 0.1) is 0 Å². The van der Waals surface area contributed by atoms with Crippen molar-refractivity contribution in [2.75, 3.05) is 5.32 Å². The van der Waals surface area contributed by atoms with Crippen molar-refractivity contribution in [1.29, 1.82) is 0 Å². The minimum absolute atomic E-state index is 0.0673. The smallest absolute Gasteiger partial charge is 0.326 e. The second-order valence-electron chi connectivity index (χ2n) is 5.23. The fourth-order valence-corrected chi connectivity index (χ4v) is 2.79. The van der Waals surface area contributed by atoms with Crippen molar-refractivity contribution in [3.63, 3.8) is 0 Å². The molecule has 2 N–H and O–H groups in total. The summed E-state index contributed by atoms with van der Waals surface area (Å²) >= 11 is 0. The summed E-state index contributed by atoms with van der Waals surface area (Å²) in [6, 6.07) is -0.733. The first kappa shape index (κ1) is 14.6. The third-order valence-electron chi connectivity index (χ3n) is 3.93. The highest BCUT2D eigenvalue weighted by Gasteiger charge is 2.30. The normalized spacial score (nSPS) is 17.6. The Labute approximate surface area is 117 Å². The summed E-state index contributed by atoms with van der Waals surface area (Å²) in [6.45, 7) is 2.40. The molecule has 1 saturated carbocycles. The summed E-state index contributed by atoms with van der Waals surface area (Å²) in [6.07, 6.45) is 8.17. The molecule has 1 fully saturated rings. The molecule has 1 aromatic heterocycles. The van der Waals surface area contributed by atoms with Crippen molar-refractivity contribution in [2.45, 2.75) is 51.6 Å². The fraction of sp³-hybridized carbons (Fsp3) is 0.643. The van der Waals surface area contributed by atoms with Gasteiger partial charge < -0.3 is 15.0 Å². The average molecular weight is 279 g/mol. The van der Waals surface area contributed by atoms with Crippen LogP contribution in [0.2, 0.25) is 0 Å². The average Bonchev–Trinajstić information content (AvgIpc) is 2.46. The first-order valence-electron chi connectivity index (χ1n) is 7.18. The van der Waals surface area contributed by atoms with Gasteiger partial charge in [-0.15, -0.1) is 0 Å². The molecule has 0 amide bonds. The molecule has 1 aliphatic rings. The lowest BCUT2D eigenvalue weighted by atomic mass is 9.84. The molecule has 2 rings (SSSR count). The van der Waals surface area contributed by atoms with E-state index in [0.717, 1.165) is 32.1 Å². The van der Waals surface area contributed by atoms with E-state index in [1.165, 1.54) is 10.8 Å². The van der Waals surface area contributed by atoms with Crippen molar-refractivity contribution < 1.29 is 9.90 Å². The van der Waals surface area contributed by atoms with E-state index in [2.05, 4.69) is 10.3 Å². The Balaban J connectivity index is 2.20. The zero-order valence-corrected chi connectivity index (χ0v) is 11.7. The van der Waals surface area contributed by atoms with Gasteiger partial charge in [0.15, 0.2) is 5.82 Å². The van der Waals surface area contributed by atoms with Gasteiger partial charge in [-0.25, -0.2) is 9.78 Å². The van der Waals surface area contributed by atoms with Gasteiger partial charge in [-0.2, -0.15) is 0 Å². The van der Waals surface area contributed by atoms with E-state index in [-0.39, 0.29) is 17.3 Å². The number of aromatic nitrogens is 2. The molecular weight excluding hydrogens is 258 g/mol. The van der Waals surface area contributed by atoms with Crippen molar-refractivity contribution >= 4 is 11.8 Å². The van der Waals surface area contributed by atoms with Crippen LogP contribution in [0.25, 0.3) is 0 Å².